The zero-order valence-corrected chi connectivity index (χ0v) is 16.4. The molecule has 2 saturated heterocycles. The van der Waals surface area contributed by atoms with Crippen LogP contribution in [-0.2, 0) is 4.79 Å². The van der Waals surface area contributed by atoms with Crippen LogP contribution in [0.5, 0.6) is 0 Å². The van der Waals surface area contributed by atoms with Crippen LogP contribution < -0.4 is 10.6 Å². The van der Waals surface area contributed by atoms with Crippen molar-refractivity contribution < 1.29 is 14.7 Å². The quantitative estimate of drug-likeness (QED) is 0.311. The second-order valence-corrected chi connectivity index (χ2v) is 8.15. The molecule has 0 saturated carbocycles. The van der Waals surface area contributed by atoms with Crippen molar-refractivity contribution >= 4 is 39.8 Å². The summed E-state index contributed by atoms with van der Waals surface area (Å²) < 4.78 is 0. The Kier molecular flexibility index (Phi) is 10.8. The Bertz CT molecular complexity index is 367. The van der Waals surface area contributed by atoms with E-state index in [1.807, 2.05) is 11.8 Å². The smallest absolute Gasteiger partial charge is 0.315 e. The Labute approximate surface area is 151 Å². The number of hydrogen-bond donors (Lipinski definition) is 3. The largest absolute Gasteiger partial charge is 0.481 e. The van der Waals surface area contributed by atoms with E-state index in [0.29, 0.717) is 5.25 Å². The van der Waals surface area contributed by atoms with E-state index in [0.717, 1.165) is 25.0 Å². The van der Waals surface area contributed by atoms with Gasteiger partial charge in [0.25, 0.3) is 0 Å². The molecular weight excluding hydrogens is 379 g/mol. The Morgan fingerprint density at radius 2 is 2.04 bits per heavy atom. The third-order valence-electron chi connectivity index (χ3n) is 4.07. The predicted molar refractivity (Wildman–Crippen MR) is 96.3 cm³/mol. The molecule has 7 heteroatoms. The van der Waals surface area contributed by atoms with Gasteiger partial charge in [-0.15, -0.1) is 0 Å². The van der Waals surface area contributed by atoms with Crippen LogP contribution in [-0.4, -0.2) is 56.2 Å². The van der Waals surface area contributed by atoms with E-state index >= 15 is 0 Å². The molecule has 0 aromatic rings. The summed E-state index contributed by atoms with van der Waals surface area (Å²) in [7, 11) is 0. The number of urea groups is 1. The first-order chi connectivity index (χ1) is 11.1. The number of carbonyl (C=O) groups excluding carboxylic acids is 1. The van der Waals surface area contributed by atoms with E-state index < -0.39 is 5.97 Å². The number of thioether (sulfide) groups is 1. The van der Waals surface area contributed by atoms with E-state index in [4.69, 9.17) is 5.11 Å². The summed E-state index contributed by atoms with van der Waals surface area (Å²) in [6.45, 7) is 2.24. The minimum Gasteiger partial charge on any atom is -0.481 e. The second-order valence-electron chi connectivity index (χ2n) is 6.03. The first-order valence-corrected chi connectivity index (χ1v) is 10.8. The molecule has 0 aliphatic carbocycles. The molecule has 0 aromatic carbocycles. The van der Waals surface area contributed by atoms with E-state index in [9.17, 15) is 9.59 Å². The number of carboxylic acids is 1. The topological polar surface area (TPSA) is 78.4 Å². The normalized spacial score (nSPS) is 25.1. The van der Waals surface area contributed by atoms with E-state index in [1.165, 1.54) is 31.0 Å². The minimum atomic E-state index is -0.729. The van der Waals surface area contributed by atoms with Crippen molar-refractivity contribution in [3.05, 3.63) is 0 Å². The third kappa shape index (κ3) is 8.32. The molecule has 3 atom stereocenters. The molecular formula is C16H29N2O3SSe. The monoisotopic (exact) mass is 409 g/mol. The van der Waals surface area contributed by atoms with E-state index in [-0.39, 0.29) is 24.5 Å². The van der Waals surface area contributed by atoms with Gasteiger partial charge in [0.15, 0.2) is 0 Å². The zero-order valence-electron chi connectivity index (χ0n) is 13.9. The molecule has 1 radical (unpaired) electrons. The van der Waals surface area contributed by atoms with Crippen LogP contribution in [0.25, 0.3) is 0 Å². The third-order valence-corrected chi connectivity index (χ3v) is 6.18. The maximum atomic E-state index is 11.1. The Morgan fingerprint density at radius 3 is 2.70 bits per heavy atom. The predicted octanol–water partition coefficient (Wildman–Crippen LogP) is 2.95. The summed E-state index contributed by atoms with van der Waals surface area (Å²) in [5.41, 5.74) is 0. The number of nitrogens with one attached hydrogen (secondary N) is 2. The van der Waals surface area contributed by atoms with Crippen molar-refractivity contribution in [3.63, 3.8) is 0 Å². The second kappa shape index (κ2) is 12.0. The maximum absolute atomic E-state index is 11.1. The number of aliphatic carboxylic acids is 1. The molecule has 133 valence electrons. The fraction of sp³-hybridized carbons (Fsp3) is 0.875. The van der Waals surface area contributed by atoms with Gasteiger partial charge in [0, 0.05) is 17.4 Å². The zero-order chi connectivity index (χ0) is 17.1. The van der Waals surface area contributed by atoms with Crippen LogP contribution in [0.2, 0.25) is 5.32 Å². The molecule has 2 amide bonds. The number of unbranched alkanes of at least 4 members (excludes halogenated alkanes) is 4. The van der Waals surface area contributed by atoms with Crippen molar-refractivity contribution in [2.24, 2.45) is 0 Å². The van der Waals surface area contributed by atoms with Crippen molar-refractivity contribution in [1.82, 2.24) is 10.6 Å². The van der Waals surface area contributed by atoms with Crippen LogP contribution in [0, 0.1) is 0 Å². The van der Waals surface area contributed by atoms with Gasteiger partial charge in [0.2, 0.25) is 0 Å². The summed E-state index contributed by atoms with van der Waals surface area (Å²) in [6, 6.07) is 0.440. The number of amides is 2. The standard InChI is InChI=1S/C10H16N2O3S.C6H13Se/c13-8(14)4-2-1-3-7-9-6(5-16-7)11-10(15)12-9;1-2-3-4-5-6-7/h6-7,9H,1-5H2,(H,13,14)(H2,11,12,15);2-6H2,1H3/t6-,7-,9-;/m0./s1. The summed E-state index contributed by atoms with van der Waals surface area (Å²) in [5, 5.41) is 16.0. The molecule has 2 rings (SSSR count). The van der Waals surface area contributed by atoms with Crippen LogP contribution in [0.3, 0.4) is 0 Å². The van der Waals surface area contributed by atoms with Crippen molar-refractivity contribution in [2.75, 3.05) is 5.75 Å². The van der Waals surface area contributed by atoms with Crippen molar-refractivity contribution in [2.45, 2.75) is 80.9 Å². The molecule has 0 unspecified atom stereocenters. The van der Waals surface area contributed by atoms with E-state index in [2.05, 4.69) is 33.6 Å². The van der Waals surface area contributed by atoms with Gasteiger partial charge in [-0.1, -0.05) is 6.42 Å². The first kappa shape index (κ1) is 20.7. The van der Waals surface area contributed by atoms with Gasteiger partial charge < -0.3 is 15.7 Å². The number of carboxylic acid groups (broad SMARTS) is 1. The number of carbonyl (C=O) groups is 2. The minimum absolute atomic E-state index is 0.0640. The summed E-state index contributed by atoms with van der Waals surface area (Å²) >= 11 is 4.87. The fourth-order valence-corrected chi connectivity index (χ4v) is 4.77. The Balaban J connectivity index is 0.000000322. The van der Waals surface area contributed by atoms with Gasteiger partial charge in [-0.05, 0) is 12.8 Å². The van der Waals surface area contributed by atoms with Crippen molar-refractivity contribution in [1.29, 1.82) is 0 Å². The fourth-order valence-electron chi connectivity index (χ4n) is 2.79. The average Bonchev–Trinajstić information content (AvgIpc) is 3.04. The first-order valence-electron chi connectivity index (χ1n) is 8.57. The number of hydrogen-bond acceptors (Lipinski definition) is 3. The summed E-state index contributed by atoms with van der Waals surface area (Å²) in [5.74, 6) is 0.236. The van der Waals surface area contributed by atoms with Crippen LogP contribution in [0.15, 0.2) is 0 Å². The number of fused-ring (bicyclic) bond motifs is 1. The van der Waals surface area contributed by atoms with Crippen LogP contribution in [0.4, 0.5) is 4.79 Å². The molecule has 2 fully saturated rings. The SMILES string of the molecule is CCCCCC[Se].O=C(O)CCCC[C@@H]1SC[C@@H]2NC(=O)N[C@@H]21. The molecule has 2 aliphatic heterocycles. The van der Waals surface area contributed by atoms with Crippen molar-refractivity contribution in [3.8, 4) is 0 Å². The molecule has 2 aliphatic rings. The van der Waals surface area contributed by atoms with Crippen LogP contribution in [0.1, 0.15) is 58.3 Å². The average molecular weight is 408 g/mol. The molecule has 0 bridgehead atoms. The molecule has 0 spiro atoms. The van der Waals surface area contributed by atoms with Gasteiger partial charge in [0.05, 0.1) is 12.1 Å². The summed E-state index contributed by atoms with van der Waals surface area (Å²) in [6.07, 6.45) is 8.41. The molecule has 5 nitrogen and oxygen atoms in total. The van der Waals surface area contributed by atoms with Gasteiger partial charge >= 0.3 is 65.9 Å². The maximum Gasteiger partial charge on any atom is 0.315 e. The van der Waals surface area contributed by atoms with Crippen LogP contribution >= 0.6 is 11.8 Å². The molecule has 0 aromatic heterocycles. The summed E-state index contributed by atoms with van der Waals surface area (Å²) in [4.78, 5) is 21.5. The molecule has 23 heavy (non-hydrogen) atoms. The van der Waals surface area contributed by atoms with Gasteiger partial charge in [-0.3, -0.25) is 4.79 Å². The molecule has 3 N–H and O–H groups in total. The number of rotatable bonds is 9. The van der Waals surface area contributed by atoms with E-state index in [1.54, 1.807) is 0 Å². The van der Waals surface area contributed by atoms with Gasteiger partial charge in [-0.2, -0.15) is 11.8 Å². The van der Waals surface area contributed by atoms with Gasteiger partial charge in [0.1, 0.15) is 0 Å². The van der Waals surface area contributed by atoms with Gasteiger partial charge in [-0.25, -0.2) is 4.79 Å². The Morgan fingerprint density at radius 1 is 1.26 bits per heavy atom. The Hall–Kier alpha value is -0.391. The molecule has 2 heterocycles.